The molecular weight excluding hydrogens is 210 g/mol. The summed E-state index contributed by atoms with van der Waals surface area (Å²) in [5, 5.41) is 0. The molecule has 16 heavy (non-hydrogen) atoms. The van der Waals surface area contributed by atoms with Crippen LogP contribution in [0.4, 0.5) is 5.69 Å². The Balaban J connectivity index is 2.47. The monoisotopic (exact) mass is 221 g/mol. The van der Waals surface area contributed by atoms with Crippen molar-refractivity contribution in [2.75, 3.05) is 25.9 Å². The van der Waals surface area contributed by atoms with Crippen molar-refractivity contribution in [3.05, 3.63) is 23.8 Å². The summed E-state index contributed by atoms with van der Waals surface area (Å²) in [6.45, 7) is 0.0733. The molecule has 2 rings (SSSR count). The third-order valence-corrected chi connectivity index (χ3v) is 2.44. The number of rotatable bonds is 3. The van der Waals surface area contributed by atoms with E-state index in [4.69, 9.17) is 9.47 Å². The zero-order chi connectivity index (χ0) is 11.7. The third kappa shape index (κ3) is 1.45. The van der Waals surface area contributed by atoms with Crippen LogP contribution in [0, 0.1) is 0 Å². The maximum Gasteiger partial charge on any atom is 0.301 e. The molecule has 5 nitrogen and oxygen atoms in total. The van der Waals surface area contributed by atoms with Crippen LogP contribution >= 0.6 is 0 Å². The highest BCUT2D eigenvalue weighted by Gasteiger charge is 2.35. The highest BCUT2D eigenvalue weighted by molar-refractivity contribution is 6.52. The normalized spacial score (nSPS) is 14.2. The number of carbonyl (C=O) groups is 2. The Morgan fingerprint density at radius 3 is 2.62 bits per heavy atom. The molecule has 84 valence electrons. The summed E-state index contributed by atoms with van der Waals surface area (Å²) in [7, 11) is 2.98. The molecule has 1 heterocycles. The molecule has 1 aliphatic heterocycles. The lowest BCUT2D eigenvalue weighted by Gasteiger charge is -2.14. The fourth-order valence-electron chi connectivity index (χ4n) is 1.66. The highest BCUT2D eigenvalue weighted by Crippen LogP contribution is 2.31. The minimum atomic E-state index is -0.565. The summed E-state index contributed by atoms with van der Waals surface area (Å²) >= 11 is 0. The van der Waals surface area contributed by atoms with E-state index >= 15 is 0 Å². The molecule has 1 aliphatic rings. The van der Waals surface area contributed by atoms with E-state index in [1.807, 2.05) is 0 Å². The second-order valence-corrected chi connectivity index (χ2v) is 3.36. The number of carbonyl (C=O) groups excluding carboxylic acids is 2. The first-order valence-electron chi connectivity index (χ1n) is 4.72. The van der Waals surface area contributed by atoms with Gasteiger partial charge in [-0.2, -0.15) is 0 Å². The maximum absolute atomic E-state index is 11.6. The average Bonchev–Trinajstić information content (AvgIpc) is 2.54. The molecule has 0 saturated heterocycles. The number of ketones is 1. The summed E-state index contributed by atoms with van der Waals surface area (Å²) in [5.74, 6) is -0.532. The minimum absolute atomic E-state index is 0.0733. The summed E-state index contributed by atoms with van der Waals surface area (Å²) < 4.78 is 9.88. The van der Waals surface area contributed by atoms with Gasteiger partial charge in [0, 0.05) is 7.11 Å². The van der Waals surface area contributed by atoms with Crippen molar-refractivity contribution in [1.29, 1.82) is 0 Å². The van der Waals surface area contributed by atoms with E-state index in [0.29, 0.717) is 17.0 Å². The lowest BCUT2D eigenvalue weighted by atomic mass is 10.1. The van der Waals surface area contributed by atoms with Crippen LogP contribution in [0.5, 0.6) is 5.75 Å². The number of hydrogen-bond acceptors (Lipinski definition) is 4. The topological polar surface area (TPSA) is 55.8 Å². The first-order chi connectivity index (χ1) is 7.69. The molecule has 1 aromatic carbocycles. The van der Waals surface area contributed by atoms with Crippen molar-refractivity contribution in [3.63, 3.8) is 0 Å². The van der Waals surface area contributed by atoms with Gasteiger partial charge in [0.15, 0.2) is 0 Å². The van der Waals surface area contributed by atoms with Gasteiger partial charge in [-0.15, -0.1) is 0 Å². The number of ether oxygens (including phenoxy) is 2. The summed E-state index contributed by atoms with van der Waals surface area (Å²) in [5.41, 5.74) is 0.930. The van der Waals surface area contributed by atoms with Crippen LogP contribution in [-0.2, 0) is 9.53 Å². The Labute approximate surface area is 92.6 Å². The standard InChI is InChI=1S/C11H11NO4/c1-15-6-12-9-4-3-7(16-2)5-8(9)10(13)11(12)14/h3-5H,6H2,1-2H3. The molecule has 1 amide bonds. The van der Waals surface area contributed by atoms with Crippen molar-refractivity contribution in [3.8, 4) is 5.75 Å². The van der Waals surface area contributed by atoms with E-state index in [0.717, 1.165) is 0 Å². The first kappa shape index (κ1) is 10.6. The summed E-state index contributed by atoms with van der Waals surface area (Å²) in [6, 6.07) is 4.94. The zero-order valence-corrected chi connectivity index (χ0v) is 9.02. The van der Waals surface area contributed by atoms with Gasteiger partial charge < -0.3 is 9.47 Å². The summed E-state index contributed by atoms with van der Waals surface area (Å²) in [6.07, 6.45) is 0. The average molecular weight is 221 g/mol. The van der Waals surface area contributed by atoms with Crippen LogP contribution in [0.1, 0.15) is 10.4 Å². The second kappa shape index (κ2) is 3.94. The van der Waals surface area contributed by atoms with Gasteiger partial charge in [0.2, 0.25) is 0 Å². The predicted molar refractivity (Wildman–Crippen MR) is 56.7 cm³/mol. The quantitative estimate of drug-likeness (QED) is 0.709. The van der Waals surface area contributed by atoms with Gasteiger partial charge in [0.1, 0.15) is 12.5 Å². The van der Waals surface area contributed by atoms with Gasteiger partial charge in [-0.05, 0) is 18.2 Å². The third-order valence-electron chi connectivity index (χ3n) is 2.44. The lowest BCUT2D eigenvalue weighted by Crippen LogP contribution is -2.31. The number of amides is 1. The van der Waals surface area contributed by atoms with E-state index < -0.39 is 11.7 Å². The molecule has 0 spiro atoms. The van der Waals surface area contributed by atoms with Crippen molar-refractivity contribution in [1.82, 2.24) is 0 Å². The molecule has 0 aromatic heterocycles. The Bertz CT molecular complexity index is 455. The zero-order valence-electron chi connectivity index (χ0n) is 9.02. The molecule has 0 unspecified atom stereocenters. The number of nitrogens with zero attached hydrogens (tertiary/aromatic N) is 1. The number of benzene rings is 1. The van der Waals surface area contributed by atoms with E-state index in [1.165, 1.54) is 19.1 Å². The Kier molecular flexibility index (Phi) is 2.62. The number of anilines is 1. The van der Waals surface area contributed by atoms with Gasteiger partial charge in [-0.3, -0.25) is 14.5 Å². The minimum Gasteiger partial charge on any atom is -0.497 e. The van der Waals surface area contributed by atoms with Crippen LogP contribution in [0.3, 0.4) is 0 Å². The van der Waals surface area contributed by atoms with Crippen LogP contribution in [-0.4, -0.2) is 32.6 Å². The van der Waals surface area contributed by atoms with Crippen molar-refractivity contribution in [2.24, 2.45) is 0 Å². The lowest BCUT2D eigenvalue weighted by molar-refractivity contribution is -0.115. The molecule has 0 fully saturated rings. The van der Waals surface area contributed by atoms with E-state index in [2.05, 4.69) is 0 Å². The van der Waals surface area contributed by atoms with Crippen molar-refractivity contribution < 1.29 is 19.1 Å². The fraction of sp³-hybridized carbons (Fsp3) is 0.273. The van der Waals surface area contributed by atoms with Crippen LogP contribution in [0.25, 0.3) is 0 Å². The SMILES string of the molecule is COCN1C(=O)C(=O)c2cc(OC)ccc21. The van der Waals surface area contributed by atoms with Gasteiger partial charge in [0.25, 0.3) is 5.78 Å². The van der Waals surface area contributed by atoms with Gasteiger partial charge in [-0.25, -0.2) is 0 Å². The number of hydrogen-bond donors (Lipinski definition) is 0. The highest BCUT2D eigenvalue weighted by atomic mass is 16.5. The molecule has 0 radical (unpaired) electrons. The Hall–Kier alpha value is -1.88. The van der Waals surface area contributed by atoms with Crippen LogP contribution < -0.4 is 9.64 Å². The molecular formula is C11H11NO4. The van der Waals surface area contributed by atoms with Crippen molar-refractivity contribution in [2.45, 2.75) is 0 Å². The number of Topliss-reactive ketones (excluding diaryl/α,β-unsaturated/α-hetero) is 1. The number of methoxy groups -OCH3 is 2. The van der Waals surface area contributed by atoms with E-state index in [-0.39, 0.29) is 6.73 Å². The van der Waals surface area contributed by atoms with E-state index in [1.54, 1.807) is 18.2 Å². The molecule has 0 bridgehead atoms. The maximum atomic E-state index is 11.6. The number of fused-ring (bicyclic) bond motifs is 1. The molecule has 0 atom stereocenters. The van der Waals surface area contributed by atoms with Gasteiger partial charge >= 0.3 is 5.91 Å². The molecule has 0 saturated carbocycles. The largest absolute Gasteiger partial charge is 0.497 e. The summed E-state index contributed by atoms with van der Waals surface area (Å²) in [4.78, 5) is 24.6. The fourth-order valence-corrected chi connectivity index (χ4v) is 1.66. The van der Waals surface area contributed by atoms with Gasteiger partial charge in [0.05, 0.1) is 18.4 Å². The molecule has 0 aliphatic carbocycles. The Morgan fingerprint density at radius 2 is 2.00 bits per heavy atom. The first-order valence-corrected chi connectivity index (χ1v) is 4.72. The van der Waals surface area contributed by atoms with Crippen LogP contribution in [0.15, 0.2) is 18.2 Å². The molecule has 0 N–H and O–H groups in total. The van der Waals surface area contributed by atoms with Gasteiger partial charge in [-0.1, -0.05) is 0 Å². The predicted octanol–water partition coefficient (Wildman–Crippen LogP) is 0.828. The molecule has 5 heteroatoms. The second-order valence-electron chi connectivity index (χ2n) is 3.36. The molecule has 1 aromatic rings. The smallest absolute Gasteiger partial charge is 0.301 e. The van der Waals surface area contributed by atoms with E-state index in [9.17, 15) is 9.59 Å². The Morgan fingerprint density at radius 1 is 1.25 bits per heavy atom. The van der Waals surface area contributed by atoms with Crippen molar-refractivity contribution >= 4 is 17.4 Å². The van der Waals surface area contributed by atoms with Crippen LogP contribution in [0.2, 0.25) is 0 Å².